The van der Waals surface area contributed by atoms with Crippen LogP contribution in [-0.4, -0.2) is 11.4 Å². The summed E-state index contributed by atoms with van der Waals surface area (Å²) in [6.45, 7) is 2.19. The van der Waals surface area contributed by atoms with Gasteiger partial charge in [-0.25, -0.2) is 0 Å². The Morgan fingerprint density at radius 1 is 1.21 bits per heavy atom. The highest BCUT2D eigenvalue weighted by molar-refractivity contribution is 9.10. The molecule has 0 radical (unpaired) electrons. The number of rotatable bonds is 3. The van der Waals surface area contributed by atoms with Crippen LogP contribution in [0.3, 0.4) is 0 Å². The van der Waals surface area contributed by atoms with Gasteiger partial charge < -0.3 is 9.84 Å². The topological polar surface area (TPSA) is 29.5 Å². The maximum atomic E-state index is 10.4. The predicted molar refractivity (Wildman–Crippen MR) is 78.7 cm³/mol. The molecule has 0 amide bonds. The lowest BCUT2D eigenvalue weighted by Gasteiger charge is -2.56. The number of hydrogen-bond donors (Lipinski definition) is 1. The fourth-order valence-electron chi connectivity index (χ4n) is 3.84. The third-order valence-electron chi connectivity index (χ3n) is 5.03. The first-order chi connectivity index (χ1) is 9.10. The Labute approximate surface area is 123 Å². The van der Waals surface area contributed by atoms with Crippen LogP contribution in [0.15, 0.2) is 28.7 Å². The lowest BCUT2D eigenvalue weighted by molar-refractivity contribution is -0.314. The van der Waals surface area contributed by atoms with Crippen LogP contribution in [0.25, 0.3) is 0 Å². The second kappa shape index (κ2) is 4.87. The SMILES string of the molecule is CCCC12CCC(c3ccc(Br)cc3)(CC1)OC2O. The molecule has 0 spiro atoms. The third kappa shape index (κ3) is 2.16. The van der Waals surface area contributed by atoms with Gasteiger partial charge in [0.05, 0.1) is 5.60 Å². The van der Waals surface area contributed by atoms with Gasteiger partial charge in [-0.3, -0.25) is 0 Å². The fraction of sp³-hybridized carbons (Fsp3) is 0.625. The summed E-state index contributed by atoms with van der Waals surface area (Å²) in [5.41, 5.74) is 0.973. The summed E-state index contributed by atoms with van der Waals surface area (Å²) >= 11 is 3.47. The van der Waals surface area contributed by atoms with E-state index in [9.17, 15) is 5.11 Å². The summed E-state index contributed by atoms with van der Waals surface area (Å²) in [6, 6.07) is 8.36. The number of halogens is 1. The molecule has 0 aromatic heterocycles. The van der Waals surface area contributed by atoms with E-state index in [1.807, 2.05) is 0 Å². The number of ether oxygens (including phenoxy) is 1. The zero-order valence-electron chi connectivity index (χ0n) is 11.4. The van der Waals surface area contributed by atoms with Crippen LogP contribution in [0.5, 0.6) is 0 Å². The minimum atomic E-state index is -0.599. The average Bonchev–Trinajstić information content (AvgIpc) is 2.42. The monoisotopic (exact) mass is 324 g/mol. The maximum Gasteiger partial charge on any atom is 0.161 e. The minimum Gasteiger partial charge on any atom is -0.367 e. The highest BCUT2D eigenvalue weighted by atomic mass is 79.9. The van der Waals surface area contributed by atoms with Gasteiger partial charge in [0.25, 0.3) is 0 Å². The molecule has 1 atom stereocenters. The van der Waals surface area contributed by atoms with Crippen LogP contribution in [0.4, 0.5) is 0 Å². The molecule has 2 aliphatic heterocycles. The van der Waals surface area contributed by atoms with E-state index >= 15 is 0 Å². The first-order valence-electron chi connectivity index (χ1n) is 7.22. The number of benzene rings is 1. The first kappa shape index (κ1) is 13.6. The van der Waals surface area contributed by atoms with E-state index in [1.54, 1.807) is 0 Å². The first-order valence-corrected chi connectivity index (χ1v) is 8.01. The number of fused-ring (bicyclic) bond motifs is 3. The maximum absolute atomic E-state index is 10.4. The molecule has 2 nitrogen and oxygen atoms in total. The standard InChI is InChI=1S/C16H21BrO2/c1-2-7-15-8-10-16(11-9-15,19-14(15)18)12-3-5-13(17)6-4-12/h3-6,14,18H,2,7-11H2,1H3. The molecular formula is C16H21BrO2. The molecule has 3 aliphatic rings. The second-order valence-corrected chi connectivity index (χ2v) is 7.00. The molecule has 2 heterocycles. The van der Waals surface area contributed by atoms with Crippen molar-refractivity contribution in [3.8, 4) is 0 Å². The quantitative estimate of drug-likeness (QED) is 0.895. The molecule has 2 bridgehead atoms. The minimum absolute atomic E-state index is 0.0197. The Kier molecular flexibility index (Phi) is 3.48. The Morgan fingerprint density at radius 2 is 1.84 bits per heavy atom. The van der Waals surface area contributed by atoms with Crippen LogP contribution in [-0.2, 0) is 10.3 Å². The Hall–Kier alpha value is -0.380. The van der Waals surface area contributed by atoms with Gasteiger partial charge >= 0.3 is 0 Å². The molecule has 4 rings (SSSR count). The van der Waals surface area contributed by atoms with Crippen LogP contribution in [0.1, 0.15) is 51.0 Å². The van der Waals surface area contributed by atoms with Gasteiger partial charge in [-0.1, -0.05) is 41.4 Å². The Bertz CT molecular complexity index is 446. The summed E-state index contributed by atoms with van der Waals surface area (Å²) in [7, 11) is 0. The van der Waals surface area contributed by atoms with Crippen molar-refractivity contribution in [1.82, 2.24) is 0 Å². The summed E-state index contributed by atoms with van der Waals surface area (Å²) in [5.74, 6) is 0. The largest absolute Gasteiger partial charge is 0.367 e. The molecule has 1 N–H and O–H groups in total. The van der Waals surface area contributed by atoms with Gasteiger partial charge in [0, 0.05) is 9.89 Å². The van der Waals surface area contributed by atoms with E-state index in [-0.39, 0.29) is 11.0 Å². The second-order valence-electron chi connectivity index (χ2n) is 6.08. The average molecular weight is 325 g/mol. The van der Waals surface area contributed by atoms with Crippen molar-refractivity contribution in [1.29, 1.82) is 0 Å². The third-order valence-corrected chi connectivity index (χ3v) is 5.56. The fourth-order valence-corrected chi connectivity index (χ4v) is 4.10. The van der Waals surface area contributed by atoms with E-state index in [2.05, 4.69) is 47.1 Å². The Balaban J connectivity index is 1.87. The molecule has 104 valence electrons. The van der Waals surface area contributed by atoms with Crippen molar-refractivity contribution >= 4 is 15.9 Å². The van der Waals surface area contributed by atoms with E-state index < -0.39 is 6.29 Å². The van der Waals surface area contributed by atoms with Gasteiger partial charge in [0.2, 0.25) is 0 Å². The Morgan fingerprint density at radius 3 is 2.37 bits per heavy atom. The summed E-state index contributed by atoms with van der Waals surface area (Å²) in [6.07, 6.45) is 5.82. The number of aliphatic hydroxyl groups excluding tert-OH is 1. The van der Waals surface area contributed by atoms with E-state index in [0.717, 1.165) is 43.0 Å². The molecule has 1 unspecified atom stereocenters. The van der Waals surface area contributed by atoms with Gasteiger partial charge in [-0.15, -0.1) is 0 Å². The zero-order chi connectivity index (χ0) is 13.5. The number of aliphatic hydroxyl groups is 1. The molecule has 1 aromatic rings. The molecule has 1 saturated carbocycles. The molecular weight excluding hydrogens is 304 g/mol. The number of hydrogen-bond acceptors (Lipinski definition) is 2. The molecule has 2 saturated heterocycles. The van der Waals surface area contributed by atoms with Crippen molar-refractivity contribution in [2.45, 2.75) is 57.3 Å². The van der Waals surface area contributed by atoms with E-state index in [4.69, 9.17) is 4.74 Å². The summed E-state index contributed by atoms with van der Waals surface area (Å²) < 4.78 is 7.18. The molecule has 3 fully saturated rings. The predicted octanol–water partition coefficient (Wildman–Crippen LogP) is 4.35. The van der Waals surface area contributed by atoms with E-state index in [1.165, 1.54) is 5.56 Å². The zero-order valence-corrected chi connectivity index (χ0v) is 12.9. The van der Waals surface area contributed by atoms with Gasteiger partial charge in [0.15, 0.2) is 6.29 Å². The lowest BCUT2D eigenvalue weighted by atomic mass is 9.61. The van der Waals surface area contributed by atoms with Crippen molar-refractivity contribution < 1.29 is 9.84 Å². The van der Waals surface area contributed by atoms with Crippen LogP contribution < -0.4 is 0 Å². The molecule has 1 aromatic carbocycles. The van der Waals surface area contributed by atoms with Crippen molar-refractivity contribution in [3.05, 3.63) is 34.3 Å². The lowest BCUT2D eigenvalue weighted by Crippen LogP contribution is -2.55. The van der Waals surface area contributed by atoms with Crippen molar-refractivity contribution in [3.63, 3.8) is 0 Å². The van der Waals surface area contributed by atoms with Gasteiger partial charge in [-0.05, 0) is 49.8 Å². The van der Waals surface area contributed by atoms with Crippen LogP contribution >= 0.6 is 15.9 Å². The molecule has 1 aliphatic carbocycles. The van der Waals surface area contributed by atoms with Crippen molar-refractivity contribution in [2.24, 2.45) is 5.41 Å². The highest BCUT2D eigenvalue weighted by Gasteiger charge is 2.55. The normalized spacial score (nSPS) is 37.5. The molecule has 19 heavy (non-hydrogen) atoms. The summed E-state index contributed by atoms with van der Waals surface area (Å²) in [4.78, 5) is 0. The smallest absolute Gasteiger partial charge is 0.161 e. The summed E-state index contributed by atoms with van der Waals surface area (Å²) in [5, 5.41) is 10.4. The van der Waals surface area contributed by atoms with Crippen LogP contribution in [0, 0.1) is 5.41 Å². The molecule has 3 heteroatoms. The van der Waals surface area contributed by atoms with Gasteiger partial charge in [-0.2, -0.15) is 0 Å². The van der Waals surface area contributed by atoms with Gasteiger partial charge in [0.1, 0.15) is 0 Å². The van der Waals surface area contributed by atoms with E-state index in [0.29, 0.717) is 0 Å². The van der Waals surface area contributed by atoms with Crippen LogP contribution in [0.2, 0.25) is 0 Å². The van der Waals surface area contributed by atoms with Crippen molar-refractivity contribution in [2.75, 3.05) is 0 Å². The highest BCUT2D eigenvalue weighted by Crippen LogP contribution is 2.57.